The molecule has 0 unspecified atom stereocenters. The van der Waals surface area contributed by atoms with Crippen LogP contribution in [0.15, 0.2) is 22.4 Å². The Morgan fingerprint density at radius 2 is 2.38 bits per heavy atom. The predicted octanol–water partition coefficient (Wildman–Crippen LogP) is 1.43. The Morgan fingerprint density at radius 3 is 2.92 bits per heavy atom. The van der Waals surface area contributed by atoms with Gasteiger partial charge in [-0.2, -0.15) is 0 Å². The fourth-order valence-corrected chi connectivity index (χ4v) is 1.29. The van der Waals surface area contributed by atoms with Gasteiger partial charge in [0, 0.05) is 11.3 Å². The summed E-state index contributed by atoms with van der Waals surface area (Å²) in [7, 11) is 1.03. The zero-order chi connectivity index (χ0) is 9.84. The van der Waals surface area contributed by atoms with Crippen LogP contribution >= 0.6 is 11.6 Å². The summed E-state index contributed by atoms with van der Waals surface area (Å²) in [6.07, 6.45) is -0.469. The van der Waals surface area contributed by atoms with Crippen LogP contribution in [-0.4, -0.2) is 20.0 Å². The van der Waals surface area contributed by atoms with Crippen molar-refractivity contribution in [3.63, 3.8) is 0 Å². The highest BCUT2D eigenvalue weighted by atomic mass is 35.5. The highest BCUT2D eigenvalue weighted by Crippen LogP contribution is 2.30. The smallest absolute Gasteiger partial charge is 0.326 e. The van der Waals surface area contributed by atoms with Gasteiger partial charge in [-0.05, 0) is 6.42 Å². The second-order valence-electron chi connectivity index (χ2n) is 2.40. The van der Waals surface area contributed by atoms with Crippen molar-refractivity contribution in [2.45, 2.75) is 12.8 Å². The highest BCUT2D eigenvalue weighted by molar-refractivity contribution is 6.65. The number of carbonyl (C=O) groups is 1. The van der Waals surface area contributed by atoms with Gasteiger partial charge in [-0.1, -0.05) is 17.7 Å². The van der Waals surface area contributed by atoms with E-state index in [-0.39, 0.29) is 22.7 Å². The lowest BCUT2D eigenvalue weighted by molar-refractivity contribution is 0.186. The van der Waals surface area contributed by atoms with Gasteiger partial charge < -0.3 is 10.0 Å². The molecule has 6 heteroatoms. The molecule has 0 aliphatic heterocycles. The molecule has 0 heterocycles. The second-order valence-corrected chi connectivity index (χ2v) is 2.81. The fraction of sp³-hybridized carbons (Fsp3) is 0.286. The lowest BCUT2D eigenvalue weighted by atomic mass is 9.97. The van der Waals surface area contributed by atoms with Gasteiger partial charge in [0.15, 0.2) is 0 Å². The molecule has 0 atom stereocenters. The number of halogens is 3. The van der Waals surface area contributed by atoms with Gasteiger partial charge in [0.1, 0.15) is 6.19 Å². The van der Waals surface area contributed by atoms with Crippen molar-refractivity contribution in [3.05, 3.63) is 22.4 Å². The molecular formula is C7H6BClF2NO. The van der Waals surface area contributed by atoms with E-state index in [4.69, 9.17) is 11.6 Å². The molecule has 1 aliphatic carbocycles. The third kappa shape index (κ3) is 2.31. The van der Waals surface area contributed by atoms with Crippen LogP contribution in [0.3, 0.4) is 0 Å². The topological polar surface area (TPSA) is 29.1 Å². The zero-order valence-electron chi connectivity index (χ0n) is 6.56. The van der Waals surface area contributed by atoms with Crippen LogP contribution in [0.4, 0.5) is 8.78 Å². The van der Waals surface area contributed by atoms with Gasteiger partial charge in [-0.3, -0.25) is 0 Å². The first-order valence-corrected chi connectivity index (χ1v) is 3.95. The average molecular weight is 204 g/mol. The maximum absolute atomic E-state index is 12.3. The fourth-order valence-electron chi connectivity index (χ4n) is 1.03. The van der Waals surface area contributed by atoms with Crippen molar-refractivity contribution in [1.82, 2.24) is 5.23 Å². The van der Waals surface area contributed by atoms with Gasteiger partial charge in [0.2, 0.25) is 0 Å². The Balaban J connectivity index is 2.76. The minimum atomic E-state index is -2.55. The minimum absolute atomic E-state index is 0.0805. The number of allylic oxidation sites excluding steroid dienone is 3. The van der Waals surface area contributed by atoms with Crippen molar-refractivity contribution in [2.75, 3.05) is 0 Å². The third-order valence-electron chi connectivity index (χ3n) is 1.62. The standard InChI is InChI=1S/C7H6BClF2NO/c9-5-2-1-4(7(10)11)6(5)12-8-3-13/h2-3,7,12H,1H2. The predicted molar refractivity (Wildman–Crippen MR) is 47.2 cm³/mol. The lowest BCUT2D eigenvalue weighted by Gasteiger charge is -2.07. The van der Waals surface area contributed by atoms with E-state index in [0.717, 1.165) is 7.41 Å². The molecule has 0 saturated heterocycles. The average Bonchev–Trinajstić information content (AvgIpc) is 2.43. The molecule has 13 heavy (non-hydrogen) atoms. The molecule has 0 aromatic carbocycles. The van der Waals surface area contributed by atoms with E-state index in [1.54, 1.807) is 0 Å². The Labute approximate surface area is 79.9 Å². The van der Waals surface area contributed by atoms with Crippen LogP contribution in [-0.2, 0) is 4.79 Å². The summed E-state index contributed by atoms with van der Waals surface area (Å²) in [4.78, 5) is 9.95. The summed E-state index contributed by atoms with van der Waals surface area (Å²) in [6.45, 7) is 0. The molecular weight excluding hydrogens is 198 g/mol. The molecule has 0 fully saturated rings. The van der Waals surface area contributed by atoms with Crippen molar-refractivity contribution in [1.29, 1.82) is 0 Å². The maximum atomic E-state index is 12.3. The van der Waals surface area contributed by atoms with E-state index < -0.39 is 6.43 Å². The first-order chi connectivity index (χ1) is 6.16. The number of rotatable bonds is 4. The maximum Gasteiger partial charge on any atom is 0.326 e. The van der Waals surface area contributed by atoms with Gasteiger partial charge in [0.05, 0.1) is 5.03 Å². The second kappa shape index (κ2) is 4.41. The minimum Gasteiger partial charge on any atom is -0.424 e. The molecule has 0 spiro atoms. The van der Waals surface area contributed by atoms with E-state index in [1.165, 1.54) is 6.08 Å². The molecule has 69 valence electrons. The third-order valence-corrected chi connectivity index (χ3v) is 1.96. The van der Waals surface area contributed by atoms with Gasteiger partial charge in [-0.15, -0.1) is 0 Å². The first kappa shape index (κ1) is 10.2. The zero-order valence-corrected chi connectivity index (χ0v) is 7.31. The van der Waals surface area contributed by atoms with Crippen molar-refractivity contribution in [3.8, 4) is 0 Å². The molecule has 0 saturated carbocycles. The van der Waals surface area contributed by atoms with Crippen molar-refractivity contribution < 1.29 is 13.6 Å². The molecule has 0 amide bonds. The van der Waals surface area contributed by atoms with Gasteiger partial charge >= 0.3 is 7.41 Å². The number of nitrogens with one attached hydrogen (secondary N) is 1. The van der Waals surface area contributed by atoms with E-state index in [0.29, 0.717) is 6.19 Å². The SMILES string of the molecule is O=C[B]NC1=C(C(F)F)CC=C1Cl. The van der Waals surface area contributed by atoms with Crippen LogP contribution in [0.2, 0.25) is 0 Å². The molecule has 0 aromatic heterocycles. The Bertz CT molecular complexity index is 278. The number of hydrogen-bond donors (Lipinski definition) is 1. The molecule has 1 radical (unpaired) electrons. The van der Waals surface area contributed by atoms with E-state index in [2.05, 4.69) is 5.23 Å². The molecule has 1 rings (SSSR count). The number of alkyl halides is 2. The van der Waals surface area contributed by atoms with Gasteiger partial charge in [0.25, 0.3) is 6.43 Å². The summed E-state index contributed by atoms with van der Waals surface area (Å²) in [5, 5.41) is 2.65. The van der Waals surface area contributed by atoms with Crippen LogP contribution < -0.4 is 5.23 Å². The van der Waals surface area contributed by atoms with Crippen LogP contribution in [0, 0.1) is 0 Å². The summed E-state index contributed by atoms with van der Waals surface area (Å²) in [6, 6.07) is 0. The van der Waals surface area contributed by atoms with Gasteiger partial charge in [-0.25, -0.2) is 8.78 Å². The summed E-state index contributed by atoms with van der Waals surface area (Å²) >= 11 is 5.62. The summed E-state index contributed by atoms with van der Waals surface area (Å²) in [5.41, 5.74) is 0.0619. The normalized spacial score (nSPS) is 16.2. The van der Waals surface area contributed by atoms with E-state index in [1.807, 2.05) is 0 Å². The van der Waals surface area contributed by atoms with Crippen LogP contribution in [0.5, 0.6) is 0 Å². The molecule has 2 nitrogen and oxygen atoms in total. The Kier molecular flexibility index (Phi) is 3.48. The quantitative estimate of drug-likeness (QED) is 0.554. The monoisotopic (exact) mass is 204 g/mol. The van der Waals surface area contributed by atoms with Crippen LogP contribution in [0.25, 0.3) is 0 Å². The highest BCUT2D eigenvalue weighted by Gasteiger charge is 2.22. The molecule has 0 bridgehead atoms. The summed E-state index contributed by atoms with van der Waals surface area (Å²) < 4.78 is 24.6. The van der Waals surface area contributed by atoms with Crippen molar-refractivity contribution in [2.24, 2.45) is 0 Å². The number of hydrogen-bond acceptors (Lipinski definition) is 2. The molecule has 1 aliphatic rings. The molecule has 0 aromatic rings. The van der Waals surface area contributed by atoms with Crippen molar-refractivity contribution >= 4 is 25.2 Å². The Hall–Kier alpha value is -0.835. The largest absolute Gasteiger partial charge is 0.424 e. The summed E-state index contributed by atoms with van der Waals surface area (Å²) in [5.74, 6) is 0. The Morgan fingerprint density at radius 1 is 1.69 bits per heavy atom. The van der Waals surface area contributed by atoms with E-state index in [9.17, 15) is 13.6 Å². The lowest BCUT2D eigenvalue weighted by Crippen LogP contribution is -2.21. The first-order valence-electron chi connectivity index (χ1n) is 3.57. The number of carbonyl (C=O) groups excluding carboxylic acids is 1. The van der Waals surface area contributed by atoms with Crippen LogP contribution in [0.1, 0.15) is 6.42 Å². The van der Waals surface area contributed by atoms with E-state index >= 15 is 0 Å². The molecule has 1 N–H and O–H groups in total.